The van der Waals surface area contributed by atoms with Gasteiger partial charge in [-0.05, 0) is 32.1 Å². The molecular weight excluding hydrogens is 379 g/mol. The van der Waals surface area contributed by atoms with E-state index in [9.17, 15) is 14.7 Å². The van der Waals surface area contributed by atoms with Gasteiger partial charge >= 0.3 is 5.97 Å². The molecule has 2 fully saturated rings. The van der Waals surface area contributed by atoms with E-state index in [0.717, 1.165) is 19.3 Å². The number of nitrogens with two attached hydrogens (primary N) is 2. The summed E-state index contributed by atoms with van der Waals surface area (Å²) in [6.45, 7) is 3.07. The molecule has 29 heavy (non-hydrogen) atoms. The van der Waals surface area contributed by atoms with E-state index in [1.807, 2.05) is 11.8 Å². The summed E-state index contributed by atoms with van der Waals surface area (Å²) in [5.41, 5.74) is 11.1. The number of aromatic carboxylic acids is 1. The molecule has 1 aromatic heterocycles. The number of ether oxygens (including phenoxy) is 1. The number of methoxy groups -OCH3 is 1. The Balaban J connectivity index is 2.04. The lowest BCUT2D eigenvalue weighted by molar-refractivity contribution is 0.0695. The summed E-state index contributed by atoms with van der Waals surface area (Å²) in [6.07, 6.45) is 3.81. The Morgan fingerprint density at radius 1 is 1.38 bits per heavy atom. The molecular formula is C20H25FN4O4. The maximum absolute atomic E-state index is 15.4. The van der Waals surface area contributed by atoms with E-state index in [2.05, 4.69) is 0 Å². The van der Waals surface area contributed by atoms with Crippen molar-refractivity contribution < 1.29 is 19.0 Å². The number of hydrogen-bond acceptors (Lipinski definition) is 6. The zero-order valence-electron chi connectivity index (χ0n) is 16.4. The van der Waals surface area contributed by atoms with Gasteiger partial charge < -0.3 is 30.8 Å². The number of hydrogen-bond donors (Lipinski definition) is 3. The molecule has 2 aromatic rings. The third kappa shape index (κ3) is 3.00. The molecule has 1 saturated carbocycles. The van der Waals surface area contributed by atoms with Crippen LogP contribution in [0.5, 0.6) is 5.75 Å². The average molecular weight is 404 g/mol. The number of nitrogen functional groups attached to an aromatic ring is 1. The monoisotopic (exact) mass is 404 g/mol. The molecule has 8 nitrogen and oxygen atoms in total. The second-order valence-electron chi connectivity index (χ2n) is 8.00. The summed E-state index contributed by atoms with van der Waals surface area (Å²) < 4.78 is 22.8. The topological polar surface area (TPSA) is 124 Å². The van der Waals surface area contributed by atoms with Crippen molar-refractivity contribution in [3.63, 3.8) is 0 Å². The number of benzene rings is 1. The van der Waals surface area contributed by atoms with E-state index in [4.69, 9.17) is 16.2 Å². The van der Waals surface area contributed by atoms with Crippen molar-refractivity contribution in [2.45, 2.75) is 38.3 Å². The largest absolute Gasteiger partial charge is 0.492 e. The van der Waals surface area contributed by atoms with Gasteiger partial charge in [0.2, 0.25) is 5.43 Å². The van der Waals surface area contributed by atoms with Crippen LogP contribution in [0.4, 0.5) is 15.8 Å². The first-order valence-electron chi connectivity index (χ1n) is 9.73. The van der Waals surface area contributed by atoms with Gasteiger partial charge in [-0.2, -0.15) is 0 Å². The van der Waals surface area contributed by atoms with Crippen LogP contribution in [-0.4, -0.2) is 41.9 Å². The number of anilines is 2. The van der Waals surface area contributed by atoms with E-state index < -0.39 is 22.8 Å². The third-order valence-electron chi connectivity index (χ3n) is 6.04. The molecule has 1 unspecified atom stereocenters. The molecule has 2 atom stereocenters. The van der Waals surface area contributed by atoms with Gasteiger partial charge in [0.1, 0.15) is 11.3 Å². The average Bonchev–Trinajstić information content (AvgIpc) is 3.39. The van der Waals surface area contributed by atoms with Crippen LogP contribution in [0.15, 0.2) is 11.0 Å². The second kappa shape index (κ2) is 6.91. The maximum atomic E-state index is 15.4. The minimum Gasteiger partial charge on any atom is -0.492 e. The Labute approximate surface area is 166 Å². The molecule has 0 spiro atoms. The molecule has 0 radical (unpaired) electrons. The molecule has 9 heteroatoms. The Morgan fingerprint density at radius 2 is 2.07 bits per heavy atom. The van der Waals surface area contributed by atoms with Crippen molar-refractivity contribution in [2.24, 2.45) is 11.7 Å². The van der Waals surface area contributed by atoms with Crippen LogP contribution < -0.4 is 26.5 Å². The minimum atomic E-state index is -1.37. The van der Waals surface area contributed by atoms with E-state index in [1.165, 1.54) is 13.3 Å². The minimum absolute atomic E-state index is 0.0261. The number of halogens is 1. The van der Waals surface area contributed by atoms with Crippen LogP contribution in [0.1, 0.15) is 42.6 Å². The SMILES string of the molecule is COc1c(N2CC[C@@H](C(C)N)C2)c(F)c(N)c2c(=O)c(C(=O)O)cn(C3CC3)c12. The number of carboxylic acids is 1. The standard InChI is InChI=1S/C20H25FN4O4/c1-9(22)10-5-6-24(7-10)17-14(21)15(23)13-16(19(17)29-2)25(11-3-4-11)8-12(18(13)26)20(27)28/h8-11H,3-7,22-23H2,1-2H3,(H,27,28)/t9?,10-/m1/s1. The van der Waals surface area contributed by atoms with Gasteiger partial charge in [0.05, 0.1) is 23.7 Å². The predicted molar refractivity (Wildman–Crippen MR) is 108 cm³/mol. The fraction of sp³-hybridized carbons (Fsp3) is 0.500. The van der Waals surface area contributed by atoms with Gasteiger partial charge in [0.25, 0.3) is 0 Å². The van der Waals surface area contributed by atoms with Crippen molar-refractivity contribution in [2.75, 3.05) is 30.8 Å². The van der Waals surface area contributed by atoms with Crippen molar-refractivity contribution in [3.05, 3.63) is 27.8 Å². The lowest BCUT2D eigenvalue weighted by Crippen LogP contribution is -2.30. The van der Waals surface area contributed by atoms with Crippen LogP contribution in [0.3, 0.4) is 0 Å². The fourth-order valence-electron chi connectivity index (χ4n) is 4.25. The van der Waals surface area contributed by atoms with Gasteiger partial charge in [0.15, 0.2) is 11.6 Å². The first-order valence-corrected chi connectivity index (χ1v) is 9.73. The van der Waals surface area contributed by atoms with Crippen molar-refractivity contribution in [1.29, 1.82) is 0 Å². The zero-order valence-corrected chi connectivity index (χ0v) is 16.4. The maximum Gasteiger partial charge on any atom is 0.341 e. The van der Waals surface area contributed by atoms with Crippen LogP contribution in [0.2, 0.25) is 0 Å². The summed E-state index contributed by atoms with van der Waals surface area (Å²) in [6, 6.07) is -0.00664. The van der Waals surface area contributed by atoms with E-state index >= 15 is 4.39 Å². The molecule has 5 N–H and O–H groups in total. The van der Waals surface area contributed by atoms with Crippen LogP contribution in [0.25, 0.3) is 10.9 Å². The number of pyridine rings is 1. The third-order valence-corrected chi connectivity index (χ3v) is 6.04. The Hall–Kier alpha value is -2.81. The van der Waals surface area contributed by atoms with Crippen LogP contribution >= 0.6 is 0 Å². The molecule has 4 rings (SSSR count). The Kier molecular flexibility index (Phi) is 4.65. The molecule has 1 saturated heterocycles. The zero-order chi connectivity index (χ0) is 21.0. The highest BCUT2D eigenvalue weighted by Gasteiger charge is 2.35. The highest BCUT2D eigenvalue weighted by molar-refractivity contribution is 6.03. The fourth-order valence-corrected chi connectivity index (χ4v) is 4.25. The molecule has 0 bridgehead atoms. The van der Waals surface area contributed by atoms with E-state index in [0.29, 0.717) is 18.6 Å². The summed E-state index contributed by atoms with van der Waals surface area (Å²) in [5, 5.41) is 9.31. The normalized spacial score (nSPS) is 20.3. The summed E-state index contributed by atoms with van der Waals surface area (Å²) in [4.78, 5) is 26.3. The molecule has 2 aliphatic rings. The number of aromatic nitrogens is 1. The number of fused-ring (bicyclic) bond motifs is 1. The molecule has 0 amide bonds. The number of carboxylic acid groups (broad SMARTS) is 1. The van der Waals surface area contributed by atoms with Gasteiger partial charge in [-0.15, -0.1) is 0 Å². The number of carbonyl (C=O) groups is 1. The summed E-state index contributed by atoms with van der Waals surface area (Å²) in [7, 11) is 1.42. The molecule has 2 heterocycles. The van der Waals surface area contributed by atoms with Crippen LogP contribution in [-0.2, 0) is 0 Å². The molecule has 1 aromatic carbocycles. The van der Waals surface area contributed by atoms with E-state index in [1.54, 1.807) is 4.57 Å². The van der Waals surface area contributed by atoms with Gasteiger partial charge in [0, 0.05) is 31.4 Å². The van der Waals surface area contributed by atoms with Gasteiger partial charge in [-0.1, -0.05) is 0 Å². The Bertz CT molecular complexity index is 1060. The van der Waals surface area contributed by atoms with Crippen LogP contribution in [0, 0.1) is 11.7 Å². The van der Waals surface area contributed by atoms with Crippen molar-refractivity contribution in [3.8, 4) is 5.75 Å². The number of nitrogens with zero attached hydrogens (tertiary/aromatic N) is 2. The van der Waals surface area contributed by atoms with Gasteiger partial charge in [-0.25, -0.2) is 9.18 Å². The lowest BCUT2D eigenvalue weighted by Gasteiger charge is -2.26. The first kappa shape index (κ1) is 19.5. The lowest BCUT2D eigenvalue weighted by atomic mass is 10.0. The van der Waals surface area contributed by atoms with Crippen molar-refractivity contribution >= 4 is 28.2 Å². The highest BCUT2D eigenvalue weighted by atomic mass is 19.1. The Morgan fingerprint density at radius 3 is 2.59 bits per heavy atom. The molecule has 1 aliphatic heterocycles. The van der Waals surface area contributed by atoms with Crippen molar-refractivity contribution in [1.82, 2.24) is 4.57 Å². The molecule has 1 aliphatic carbocycles. The highest BCUT2D eigenvalue weighted by Crippen LogP contribution is 2.46. The number of rotatable bonds is 5. The predicted octanol–water partition coefficient (Wildman–Crippen LogP) is 1.94. The van der Waals surface area contributed by atoms with E-state index in [-0.39, 0.29) is 40.5 Å². The quantitative estimate of drug-likeness (QED) is 0.651. The van der Waals surface area contributed by atoms with Gasteiger partial charge in [-0.3, -0.25) is 4.79 Å². The molecule has 156 valence electrons. The first-order chi connectivity index (χ1) is 13.8. The smallest absolute Gasteiger partial charge is 0.341 e. The summed E-state index contributed by atoms with van der Waals surface area (Å²) in [5.74, 6) is -1.72. The summed E-state index contributed by atoms with van der Waals surface area (Å²) >= 11 is 0. The second-order valence-corrected chi connectivity index (χ2v) is 8.00.